The number of imide groups is 1. The van der Waals surface area contributed by atoms with Crippen LogP contribution in [0.25, 0.3) is 0 Å². The van der Waals surface area contributed by atoms with Crippen LogP contribution < -0.4 is 0 Å². The lowest BCUT2D eigenvalue weighted by Gasteiger charge is -2.13. The van der Waals surface area contributed by atoms with Crippen molar-refractivity contribution < 1.29 is 14.4 Å². The minimum Gasteiger partial charge on any atom is -0.294 e. The summed E-state index contributed by atoms with van der Waals surface area (Å²) >= 11 is 0. The van der Waals surface area contributed by atoms with Gasteiger partial charge in [0, 0.05) is 18.5 Å². The van der Waals surface area contributed by atoms with Crippen LogP contribution in [0.4, 0.5) is 0 Å². The largest absolute Gasteiger partial charge is 0.294 e. The molecule has 4 heteroatoms. The highest BCUT2D eigenvalue weighted by Gasteiger charge is 2.35. The Hall–Kier alpha value is -2.75. The molecule has 0 atom stereocenters. The normalized spacial score (nSPS) is 13.4. The number of carbonyl (C=O) groups is 3. The Balaban J connectivity index is 1.75. The number of nitrogens with zero attached hydrogens (tertiary/aromatic N) is 1. The van der Waals surface area contributed by atoms with E-state index in [1.54, 1.807) is 24.3 Å². The van der Waals surface area contributed by atoms with Crippen molar-refractivity contribution in [2.24, 2.45) is 0 Å². The fraction of sp³-hybridized carbons (Fsp3) is 0.211. The molecule has 1 aliphatic heterocycles. The van der Waals surface area contributed by atoms with E-state index in [9.17, 15) is 14.4 Å². The minimum absolute atomic E-state index is 0.0530. The Morgan fingerprint density at radius 2 is 1.57 bits per heavy atom. The Bertz CT molecular complexity index is 788. The van der Waals surface area contributed by atoms with Crippen molar-refractivity contribution in [2.75, 3.05) is 6.54 Å². The highest BCUT2D eigenvalue weighted by Crippen LogP contribution is 2.23. The fourth-order valence-electron chi connectivity index (χ4n) is 2.83. The summed E-state index contributed by atoms with van der Waals surface area (Å²) < 4.78 is 0. The smallest absolute Gasteiger partial charge is 0.261 e. The summed E-state index contributed by atoms with van der Waals surface area (Å²) in [6.45, 7) is 3.92. The molecule has 1 heterocycles. The molecule has 0 fully saturated rings. The molecule has 0 radical (unpaired) electrons. The number of carbonyl (C=O) groups excluding carboxylic acids is 3. The van der Waals surface area contributed by atoms with Gasteiger partial charge < -0.3 is 0 Å². The van der Waals surface area contributed by atoms with Gasteiger partial charge in [-0.3, -0.25) is 19.3 Å². The molecule has 23 heavy (non-hydrogen) atoms. The maximum atomic E-state index is 12.4. The molecule has 2 aromatic rings. The third-order valence-corrected chi connectivity index (χ3v) is 4.13. The van der Waals surface area contributed by atoms with Crippen LogP contribution in [0.1, 0.15) is 48.6 Å². The molecule has 0 aromatic heterocycles. The molecule has 0 N–H and O–H groups in total. The minimum atomic E-state index is -0.320. The van der Waals surface area contributed by atoms with E-state index in [2.05, 4.69) is 0 Å². The quantitative estimate of drug-likeness (QED) is 0.644. The second-order valence-corrected chi connectivity index (χ2v) is 5.80. The van der Waals surface area contributed by atoms with Crippen molar-refractivity contribution >= 4 is 17.6 Å². The number of ketones is 1. The Morgan fingerprint density at radius 3 is 2.17 bits per heavy atom. The van der Waals surface area contributed by atoms with Gasteiger partial charge in [0.05, 0.1) is 11.1 Å². The average Bonchev–Trinajstić information content (AvgIpc) is 2.79. The number of fused-ring (bicyclic) bond motifs is 1. The second kappa shape index (κ2) is 5.80. The van der Waals surface area contributed by atoms with Crippen LogP contribution in [0.2, 0.25) is 0 Å². The monoisotopic (exact) mass is 307 g/mol. The zero-order valence-electron chi connectivity index (χ0n) is 13.1. The van der Waals surface area contributed by atoms with Crippen LogP contribution in [0.15, 0.2) is 42.5 Å². The summed E-state index contributed by atoms with van der Waals surface area (Å²) in [5.74, 6) is -0.693. The summed E-state index contributed by atoms with van der Waals surface area (Å²) in [7, 11) is 0. The molecular weight excluding hydrogens is 290 g/mol. The molecule has 0 saturated heterocycles. The van der Waals surface area contributed by atoms with Gasteiger partial charge in [-0.15, -0.1) is 0 Å². The average molecular weight is 307 g/mol. The van der Waals surface area contributed by atoms with Crippen LogP contribution >= 0.6 is 0 Å². The predicted molar refractivity (Wildman–Crippen MR) is 86.7 cm³/mol. The summed E-state index contributed by atoms with van der Waals surface area (Å²) in [5, 5.41) is 0. The molecule has 1 aliphatic rings. The fourth-order valence-corrected chi connectivity index (χ4v) is 2.83. The molecule has 0 unspecified atom stereocenters. The molecule has 2 amide bonds. The van der Waals surface area contributed by atoms with Crippen molar-refractivity contribution in [1.29, 1.82) is 0 Å². The first-order chi connectivity index (χ1) is 11.0. The van der Waals surface area contributed by atoms with Crippen LogP contribution in [-0.4, -0.2) is 29.0 Å². The van der Waals surface area contributed by atoms with Crippen molar-refractivity contribution in [1.82, 2.24) is 4.90 Å². The number of benzene rings is 2. The first kappa shape index (κ1) is 15.2. The third kappa shape index (κ3) is 2.68. The molecule has 0 spiro atoms. The van der Waals surface area contributed by atoms with Crippen LogP contribution in [0, 0.1) is 13.8 Å². The van der Waals surface area contributed by atoms with Gasteiger partial charge in [-0.1, -0.05) is 29.8 Å². The first-order valence-corrected chi connectivity index (χ1v) is 7.54. The van der Waals surface area contributed by atoms with Gasteiger partial charge in [0.2, 0.25) is 0 Å². The molecule has 0 aliphatic carbocycles. The van der Waals surface area contributed by atoms with Crippen molar-refractivity contribution in [3.05, 3.63) is 70.3 Å². The standard InChI is InChI=1S/C19H17NO3/c1-12-7-8-13(2)16(11-12)17(21)9-10-20-18(22)14-5-3-4-6-15(14)19(20)23/h3-8,11H,9-10H2,1-2H3. The summed E-state index contributed by atoms with van der Waals surface area (Å²) in [5.41, 5.74) is 3.40. The Labute approximate surface area is 134 Å². The van der Waals surface area contributed by atoms with Crippen molar-refractivity contribution in [2.45, 2.75) is 20.3 Å². The number of amides is 2. The lowest BCUT2D eigenvalue weighted by atomic mass is 10.00. The van der Waals surface area contributed by atoms with E-state index < -0.39 is 0 Å². The molecular formula is C19H17NO3. The van der Waals surface area contributed by atoms with E-state index in [1.807, 2.05) is 32.0 Å². The van der Waals surface area contributed by atoms with E-state index in [0.29, 0.717) is 16.7 Å². The van der Waals surface area contributed by atoms with Gasteiger partial charge in [-0.2, -0.15) is 0 Å². The van der Waals surface area contributed by atoms with Gasteiger partial charge in [0.1, 0.15) is 0 Å². The van der Waals surface area contributed by atoms with E-state index in [4.69, 9.17) is 0 Å². The Kier molecular flexibility index (Phi) is 3.82. The number of aryl methyl sites for hydroxylation is 2. The van der Waals surface area contributed by atoms with Crippen LogP contribution in [0.5, 0.6) is 0 Å². The summed E-state index contributed by atoms with van der Waals surface area (Å²) in [6.07, 6.45) is 0.135. The number of Topliss-reactive ketones (excluding diaryl/α,β-unsaturated/α-hetero) is 1. The van der Waals surface area contributed by atoms with Gasteiger partial charge >= 0.3 is 0 Å². The molecule has 0 saturated carbocycles. The molecule has 116 valence electrons. The first-order valence-electron chi connectivity index (χ1n) is 7.54. The summed E-state index contributed by atoms with van der Waals surface area (Å²) in [4.78, 5) is 38.1. The maximum Gasteiger partial charge on any atom is 0.261 e. The zero-order chi connectivity index (χ0) is 16.6. The molecule has 2 aromatic carbocycles. The van der Waals surface area contributed by atoms with E-state index in [1.165, 1.54) is 0 Å². The van der Waals surface area contributed by atoms with Gasteiger partial charge in [0.15, 0.2) is 5.78 Å². The Morgan fingerprint density at radius 1 is 0.957 bits per heavy atom. The third-order valence-electron chi connectivity index (χ3n) is 4.13. The highest BCUT2D eigenvalue weighted by molar-refractivity contribution is 6.21. The highest BCUT2D eigenvalue weighted by atomic mass is 16.2. The van der Waals surface area contributed by atoms with E-state index in [0.717, 1.165) is 16.0 Å². The topological polar surface area (TPSA) is 54.5 Å². The number of hydrogen-bond donors (Lipinski definition) is 0. The summed E-state index contributed by atoms with van der Waals surface area (Å²) in [6, 6.07) is 12.5. The maximum absolute atomic E-state index is 12.4. The SMILES string of the molecule is Cc1ccc(C)c(C(=O)CCN2C(=O)c3ccccc3C2=O)c1. The zero-order valence-corrected chi connectivity index (χ0v) is 13.1. The lowest BCUT2D eigenvalue weighted by Crippen LogP contribution is -2.32. The molecule has 0 bridgehead atoms. The van der Waals surface area contributed by atoms with E-state index in [-0.39, 0.29) is 30.6 Å². The molecule has 4 nitrogen and oxygen atoms in total. The predicted octanol–water partition coefficient (Wildman–Crippen LogP) is 3.17. The van der Waals surface area contributed by atoms with Crippen LogP contribution in [0.3, 0.4) is 0 Å². The second-order valence-electron chi connectivity index (χ2n) is 5.80. The van der Waals surface area contributed by atoms with Crippen molar-refractivity contribution in [3.63, 3.8) is 0 Å². The van der Waals surface area contributed by atoms with E-state index >= 15 is 0 Å². The van der Waals surface area contributed by atoms with Gasteiger partial charge in [-0.05, 0) is 37.6 Å². The van der Waals surface area contributed by atoms with Crippen molar-refractivity contribution in [3.8, 4) is 0 Å². The number of hydrogen-bond acceptors (Lipinski definition) is 3. The van der Waals surface area contributed by atoms with Gasteiger partial charge in [-0.25, -0.2) is 0 Å². The molecule has 3 rings (SSSR count). The lowest BCUT2D eigenvalue weighted by molar-refractivity contribution is 0.0649. The van der Waals surface area contributed by atoms with Crippen LogP contribution in [-0.2, 0) is 0 Å². The number of rotatable bonds is 4. The van der Waals surface area contributed by atoms with Gasteiger partial charge in [0.25, 0.3) is 11.8 Å².